The molecule has 3 aromatic rings. The molecule has 0 bridgehead atoms. The van der Waals surface area contributed by atoms with Crippen LogP contribution in [0.1, 0.15) is 55.5 Å². The molecule has 2 amide bonds. The van der Waals surface area contributed by atoms with Gasteiger partial charge in [-0.1, -0.05) is 25.3 Å². The number of carbonyl (C=O) groups is 3. The number of benzene rings is 1. The number of hydrogen-bond acceptors (Lipinski definition) is 8. The van der Waals surface area contributed by atoms with Crippen LogP contribution in [0.3, 0.4) is 0 Å². The third-order valence-electron chi connectivity index (χ3n) is 7.82. The van der Waals surface area contributed by atoms with E-state index in [1.165, 1.54) is 12.3 Å². The molecule has 2 aromatic heterocycles. The second kappa shape index (κ2) is 12.4. The minimum atomic E-state index is -3.95. The van der Waals surface area contributed by atoms with Gasteiger partial charge in [0.1, 0.15) is 17.4 Å². The number of Topliss-reactive ketones (excluding diaryl/α,β-unsaturated/α-hetero) is 1. The number of fused-ring (bicyclic) bond motifs is 1. The number of ketones is 1. The first-order chi connectivity index (χ1) is 19.8. The molecule has 1 unspecified atom stereocenters. The van der Waals surface area contributed by atoms with Crippen LogP contribution in [-0.2, 0) is 19.6 Å². The Hall–Kier alpha value is -3.77. The van der Waals surface area contributed by atoms with E-state index < -0.39 is 39.7 Å². The second-order valence-electron chi connectivity index (χ2n) is 10.5. The minimum Gasteiger partial charge on any atom is -0.497 e. The maximum absolute atomic E-state index is 13.6. The van der Waals surface area contributed by atoms with Crippen molar-refractivity contribution < 1.29 is 32.0 Å². The standard InChI is InChI=1S/C29H34N4O7S/c1-39-21-12-13-24-20(16-21)17-25(40-24)28(35)32-27(19-8-3-2-4-9-19)29(36)31-22-10-7-15-33(18-23(22)34)41(37,38)26-11-5-6-14-30-26/h5-6,11-14,16-17,19,22,27H,2-4,7-10,15,18H2,1H3,(H,31,36)(H,32,35)/t22?,27-/m0/s1. The Balaban J connectivity index is 1.30. The van der Waals surface area contributed by atoms with Crippen molar-refractivity contribution in [2.45, 2.75) is 62.1 Å². The van der Waals surface area contributed by atoms with Gasteiger partial charge in [0.25, 0.3) is 15.9 Å². The molecule has 1 saturated heterocycles. The minimum absolute atomic E-state index is 0.0720. The van der Waals surface area contributed by atoms with Crippen LogP contribution in [0.25, 0.3) is 11.0 Å². The van der Waals surface area contributed by atoms with Crippen molar-refractivity contribution in [3.8, 4) is 5.75 Å². The molecular weight excluding hydrogens is 548 g/mol. The summed E-state index contributed by atoms with van der Waals surface area (Å²) in [6, 6.07) is 9.66. The zero-order valence-corrected chi connectivity index (χ0v) is 23.7. The molecule has 5 rings (SSSR count). The van der Waals surface area contributed by atoms with E-state index in [0.717, 1.165) is 36.4 Å². The van der Waals surface area contributed by atoms with Gasteiger partial charge in [0.2, 0.25) is 5.91 Å². The highest BCUT2D eigenvalue weighted by Crippen LogP contribution is 2.28. The Morgan fingerprint density at radius 1 is 1.07 bits per heavy atom. The SMILES string of the molecule is COc1ccc2oc(C(=O)N[C@H](C(=O)NC3CCCN(S(=O)(=O)c4ccccn4)CC3=O)C3CCCCC3)cc2c1. The predicted molar refractivity (Wildman–Crippen MR) is 150 cm³/mol. The van der Waals surface area contributed by atoms with Crippen LogP contribution in [-0.4, -0.2) is 67.6 Å². The number of sulfonamides is 1. The average Bonchev–Trinajstić information content (AvgIpc) is 3.34. The lowest BCUT2D eigenvalue weighted by Crippen LogP contribution is -2.55. The summed E-state index contributed by atoms with van der Waals surface area (Å²) in [4.78, 5) is 44.0. The van der Waals surface area contributed by atoms with E-state index in [0.29, 0.717) is 23.1 Å². The van der Waals surface area contributed by atoms with E-state index in [4.69, 9.17) is 9.15 Å². The predicted octanol–water partition coefficient (Wildman–Crippen LogP) is 3.05. The van der Waals surface area contributed by atoms with Crippen LogP contribution in [0.5, 0.6) is 5.75 Å². The van der Waals surface area contributed by atoms with E-state index >= 15 is 0 Å². The Morgan fingerprint density at radius 3 is 2.61 bits per heavy atom. The lowest BCUT2D eigenvalue weighted by molar-refractivity contribution is -0.129. The number of nitrogens with zero attached hydrogens (tertiary/aromatic N) is 2. The highest BCUT2D eigenvalue weighted by atomic mass is 32.2. The van der Waals surface area contributed by atoms with Gasteiger partial charge in [-0.3, -0.25) is 14.4 Å². The van der Waals surface area contributed by atoms with Gasteiger partial charge in [0.05, 0.1) is 19.7 Å². The van der Waals surface area contributed by atoms with Crippen LogP contribution in [0.15, 0.2) is 58.1 Å². The van der Waals surface area contributed by atoms with Crippen LogP contribution >= 0.6 is 0 Å². The molecule has 1 saturated carbocycles. The monoisotopic (exact) mass is 582 g/mol. The average molecular weight is 583 g/mol. The molecule has 218 valence electrons. The number of rotatable bonds is 8. The van der Waals surface area contributed by atoms with E-state index in [9.17, 15) is 22.8 Å². The molecule has 41 heavy (non-hydrogen) atoms. The fraction of sp³-hybridized carbons (Fsp3) is 0.448. The molecule has 3 heterocycles. The number of pyridine rings is 1. The molecular formula is C29H34N4O7S. The maximum atomic E-state index is 13.6. The Bertz CT molecular complexity index is 1520. The van der Waals surface area contributed by atoms with Gasteiger partial charge in [-0.2, -0.15) is 4.31 Å². The first-order valence-electron chi connectivity index (χ1n) is 13.9. The van der Waals surface area contributed by atoms with Crippen molar-refractivity contribution in [3.05, 3.63) is 54.4 Å². The molecule has 2 N–H and O–H groups in total. The summed E-state index contributed by atoms with van der Waals surface area (Å²) in [5.41, 5.74) is 0.517. The smallest absolute Gasteiger partial charge is 0.287 e. The summed E-state index contributed by atoms with van der Waals surface area (Å²) in [6.07, 6.45) is 6.54. The van der Waals surface area contributed by atoms with Crippen molar-refractivity contribution in [2.75, 3.05) is 20.2 Å². The van der Waals surface area contributed by atoms with Gasteiger partial charge in [-0.25, -0.2) is 13.4 Å². The summed E-state index contributed by atoms with van der Waals surface area (Å²) in [6.45, 7) is -0.233. The molecule has 11 nitrogen and oxygen atoms in total. The van der Waals surface area contributed by atoms with Gasteiger partial charge >= 0.3 is 0 Å². The third-order valence-corrected chi connectivity index (χ3v) is 9.58. The number of aromatic nitrogens is 1. The molecule has 2 fully saturated rings. The molecule has 0 radical (unpaired) electrons. The van der Waals surface area contributed by atoms with Gasteiger partial charge in [-0.15, -0.1) is 0 Å². The quantitative estimate of drug-likeness (QED) is 0.412. The zero-order chi connectivity index (χ0) is 29.0. The van der Waals surface area contributed by atoms with Crippen molar-refractivity contribution in [3.63, 3.8) is 0 Å². The van der Waals surface area contributed by atoms with Crippen molar-refractivity contribution in [1.82, 2.24) is 19.9 Å². The lowest BCUT2D eigenvalue weighted by Gasteiger charge is -2.31. The third kappa shape index (κ3) is 6.43. The van der Waals surface area contributed by atoms with Gasteiger partial charge in [-0.05, 0) is 68.0 Å². The first-order valence-corrected chi connectivity index (χ1v) is 15.3. The topological polar surface area (TPSA) is 148 Å². The molecule has 0 spiro atoms. The summed E-state index contributed by atoms with van der Waals surface area (Å²) >= 11 is 0. The Labute approximate surface area is 238 Å². The van der Waals surface area contributed by atoms with Crippen LogP contribution in [0.4, 0.5) is 0 Å². The molecule has 2 atom stereocenters. The fourth-order valence-corrected chi connectivity index (χ4v) is 6.96. The van der Waals surface area contributed by atoms with Crippen LogP contribution in [0, 0.1) is 5.92 Å². The molecule has 1 aliphatic heterocycles. The molecule has 1 aliphatic carbocycles. The maximum Gasteiger partial charge on any atom is 0.287 e. The number of furan rings is 1. The van der Waals surface area contributed by atoms with E-state index in [1.54, 1.807) is 43.5 Å². The summed E-state index contributed by atoms with van der Waals surface area (Å²) in [7, 11) is -2.40. The van der Waals surface area contributed by atoms with Crippen LogP contribution < -0.4 is 15.4 Å². The number of ether oxygens (including phenoxy) is 1. The number of hydrogen-bond donors (Lipinski definition) is 2. The summed E-state index contributed by atoms with van der Waals surface area (Å²) < 4.78 is 38.2. The van der Waals surface area contributed by atoms with E-state index in [-0.39, 0.29) is 36.2 Å². The van der Waals surface area contributed by atoms with Gasteiger partial charge in [0.15, 0.2) is 16.6 Å². The normalized spacial score (nSPS) is 19.8. The van der Waals surface area contributed by atoms with Crippen molar-refractivity contribution >= 4 is 38.6 Å². The summed E-state index contributed by atoms with van der Waals surface area (Å²) in [5.74, 6) is -0.783. The number of amides is 2. The number of methoxy groups -OCH3 is 1. The number of carbonyl (C=O) groups excluding carboxylic acids is 3. The second-order valence-corrected chi connectivity index (χ2v) is 12.4. The van der Waals surface area contributed by atoms with E-state index in [2.05, 4.69) is 15.6 Å². The Kier molecular flexibility index (Phi) is 8.69. The van der Waals surface area contributed by atoms with E-state index in [1.807, 2.05) is 0 Å². The number of nitrogens with one attached hydrogen (secondary N) is 2. The lowest BCUT2D eigenvalue weighted by atomic mass is 9.83. The zero-order valence-electron chi connectivity index (χ0n) is 22.9. The first kappa shape index (κ1) is 28.7. The molecule has 1 aromatic carbocycles. The summed E-state index contributed by atoms with van der Waals surface area (Å²) in [5, 5.41) is 6.27. The molecule has 2 aliphatic rings. The van der Waals surface area contributed by atoms with Gasteiger partial charge in [0, 0.05) is 18.1 Å². The van der Waals surface area contributed by atoms with Crippen molar-refractivity contribution in [1.29, 1.82) is 0 Å². The largest absolute Gasteiger partial charge is 0.497 e. The van der Waals surface area contributed by atoms with Crippen LogP contribution in [0.2, 0.25) is 0 Å². The molecule has 12 heteroatoms. The van der Waals surface area contributed by atoms with Crippen molar-refractivity contribution in [2.24, 2.45) is 5.92 Å². The highest BCUT2D eigenvalue weighted by molar-refractivity contribution is 7.89. The fourth-order valence-electron chi connectivity index (χ4n) is 5.58. The van der Waals surface area contributed by atoms with Gasteiger partial charge < -0.3 is 19.8 Å². The highest BCUT2D eigenvalue weighted by Gasteiger charge is 2.37. The Morgan fingerprint density at radius 2 is 1.88 bits per heavy atom.